The highest BCUT2D eigenvalue weighted by Gasteiger charge is 2.09. The highest BCUT2D eigenvalue weighted by atomic mass is 32.1. The van der Waals surface area contributed by atoms with Gasteiger partial charge in [0.05, 0.1) is 17.4 Å². The van der Waals surface area contributed by atoms with Gasteiger partial charge in [0.2, 0.25) is 0 Å². The van der Waals surface area contributed by atoms with Crippen LogP contribution in [0.2, 0.25) is 0 Å². The number of benzene rings is 1. The lowest BCUT2D eigenvalue weighted by atomic mass is 10.1. The van der Waals surface area contributed by atoms with Crippen LogP contribution < -0.4 is 0 Å². The summed E-state index contributed by atoms with van der Waals surface area (Å²) in [4.78, 5) is 22.9. The normalized spacial score (nSPS) is 10.6. The van der Waals surface area contributed by atoms with E-state index in [1.807, 2.05) is 6.07 Å². The lowest BCUT2D eigenvalue weighted by Gasteiger charge is -2.05. The Bertz CT molecular complexity index is 569. The molecule has 0 amide bonds. The molecule has 1 aromatic rings. The van der Waals surface area contributed by atoms with E-state index in [0.29, 0.717) is 11.3 Å². The summed E-state index contributed by atoms with van der Waals surface area (Å²) in [6.45, 7) is 3.45. The quantitative estimate of drug-likeness (QED) is 0.348. The first kappa shape index (κ1) is 16.0. The zero-order valence-electron chi connectivity index (χ0n) is 11.4. The molecule has 0 saturated heterocycles. The van der Waals surface area contributed by atoms with Crippen molar-refractivity contribution < 1.29 is 18.5 Å². The van der Waals surface area contributed by atoms with E-state index >= 15 is 0 Å². The molecular formula is C15H16O4S. The minimum Gasteiger partial charge on any atom is -0.463 e. The molecule has 0 spiro atoms. The number of carbonyl (C=O) groups excluding carboxylic acids is 2. The number of hydrogen-bond donors (Lipinski definition) is 0. The summed E-state index contributed by atoms with van der Waals surface area (Å²) < 4.78 is 15.4. The topological polar surface area (TPSA) is 60.4 Å². The zero-order valence-corrected chi connectivity index (χ0v) is 12.2. The van der Waals surface area contributed by atoms with Gasteiger partial charge in [-0.1, -0.05) is 30.3 Å². The van der Waals surface area contributed by atoms with E-state index in [9.17, 15) is 13.8 Å². The number of ketones is 1. The van der Waals surface area contributed by atoms with Crippen molar-refractivity contribution in [3.8, 4) is 0 Å². The predicted molar refractivity (Wildman–Crippen MR) is 79.6 cm³/mol. The van der Waals surface area contributed by atoms with E-state index in [0.717, 1.165) is 11.1 Å². The molecule has 0 aliphatic carbocycles. The van der Waals surface area contributed by atoms with Crippen molar-refractivity contribution in [2.45, 2.75) is 26.4 Å². The number of carbonyl (C=O) groups is 2. The fraction of sp³-hybridized carbons (Fsp3) is 0.267. The van der Waals surface area contributed by atoms with E-state index in [4.69, 9.17) is 4.74 Å². The molecule has 5 heteroatoms. The van der Waals surface area contributed by atoms with Gasteiger partial charge in [-0.3, -0.25) is 9.59 Å². The molecule has 0 fully saturated rings. The third-order valence-corrected chi connectivity index (χ3v) is 2.66. The first-order valence-corrected chi connectivity index (χ1v) is 6.94. The maximum absolute atomic E-state index is 11.6. The summed E-state index contributed by atoms with van der Waals surface area (Å²) in [7, 11) is 0. The van der Waals surface area contributed by atoms with Gasteiger partial charge < -0.3 is 4.74 Å². The van der Waals surface area contributed by atoms with Crippen molar-refractivity contribution >= 4 is 34.5 Å². The fourth-order valence-corrected chi connectivity index (χ4v) is 1.83. The maximum atomic E-state index is 11.6. The standard InChI is InChI=1S/C15H16O4S/c1-11(2)19-15(17)9-14(16)8-7-12-5-3-4-6-13(12)10-20-18/h3-8,10-11H,9H2,1-2H3. The summed E-state index contributed by atoms with van der Waals surface area (Å²) in [5.41, 5.74) is 1.49. The van der Waals surface area contributed by atoms with Crippen LogP contribution in [0.25, 0.3) is 6.08 Å². The van der Waals surface area contributed by atoms with Crippen LogP contribution in [0.1, 0.15) is 31.4 Å². The lowest BCUT2D eigenvalue weighted by Crippen LogP contribution is -2.14. The van der Waals surface area contributed by atoms with Gasteiger partial charge in [-0.25, -0.2) is 4.21 Å². The van der Waals surface area contributed by atoms with Gasteiger partial charge in [0.25, 0.3) is 0 Å². The van der Waals surface area contributed by atoms with Gasteiger partial charge in [-0.05, 0) is 31.1 Å². The Balaban J connectivity index is 2.71. The van der Waals surface area contributed by atoms with Crippen LogP contribution >= 0.6 is 0 Å². The van der Waals surface area contributed by atoms with Crippen LogP contribution in [0, 0.1) is 0 Å². The molecule has 0 saturated carbocycles. The average Bonchev–Trinajstić information content (AvgIpc) is 2.37. The number of rotatable bonds is 6. The minimum atomic E-state index is -0.537. The molecular weight excluding hydrogens is 276 g/mol. The van der Waals surface area contributed by atoms with Crippen molar-refractivity contribution in [2.24, 2.45) is 0 Å². The molecule has 0 atom stereocenters. The van der Waals surface area contributed by atoms with Crippen molar-refractivity contribution in [2.75, 3.05) is 0 Å². The van der Waals surface area contributed by atoms with Crippen LogP contribution in [-0.2, 0) is 25.6 Å². The molecule has 106 valence electrons. The van der Waals surface area contributed by atoms with Crippen molar-refractivity contribution in [3.05, 3.63) is 41.5 Å². The van der Waals surface area contributed by atoms with Crippen LogP contribution in [0.5, 0.6) is 0 Å². The fourth-order valence-electron chi connectivity index (χ4n) is 1.51. The summed E-state index contributed by atoms with van der Waals surface area (Å²) in [6.07, 6.45) is 2.40. The number of ether oxygens (including phenoxy) is 1. The Hall–Kier alpha value is -2.01. The Morgan fingerprint density at radius 1 is 1.25 bits per heavy atom. The molecule has 0 radical (unpaired) electrons. The van der Waals surface area contributed by atoms with E-state index in [-0.39, 0.29) is 18.3 Å². The van der Waals surface area contributed by atoms with E-state index in [1.165, 1.54) is 11.4 Å². The molecule has 0 N–H and O–H groups in total. The molecule has 1 aromatic carbocycles. The highest BCUT2D eigenvalue weighted by Crippen LogP contribution is 2.08. The van der Waals surface area contributed by atoms with Gasteiger partial charge in [0.15, 0.2) is 5.78 Å². The summed E-state index contributed by atoms with van der Waals surface area (Å²) in [6, 6.07) is 7.19. The third-order valence-electron chi connectivity index (χ3n) is 2.31. The van der Waals surface area contributed by atoms with Crippen LogP contribution in [-0.4, -0.2) is 27.4 Å². The highest BCUT2D eigenvalue weighted by molar-refractivity contribution is 7.65. The first-order valence-electron chi connectivity index (χ1n) is 6.14. The smallest absolute Gasteiger partial charge is 0.313 e. The van der Waals surface area contributed by atoms with Crippen LogP contribution in [0.15, 0.2) is 30.3 Å². The second kappa shape index (κ2) is 8.22. The zero-order chi connectivity index (χ0) is 15.0. The van der Waals surface area contributed by atoms with E-state index in [2.05, 4.69) is 0 Å². The van der Waals surface area contributed by atoms with Crippen molar-refractivity contribution in [1.82, 2.24) is 0 Å². The summed E-state index contributed by atoms with van der Waals surface area (Å²) >= 11 is 0.353. The SMILES string of the molecule is CC(C)OC(=O)CC(=O)C=Cc1ccccc1C=S=O. The molecule has 20 heavy (non-hydrogen) atoms. The molecule has 0 unspecified atom stereocenters. The van der Waals surface area contributed by atoms with E-state index in [1.54, 1.807) is 38.1 Å². The molecule has 0 bridgehead atoms. The van der Waals surface area contributed by atoms with Gasteiger partial charge >= 0.3 is 5.97 Å². The van der Waals surface area contributed by atoms with Crippen LogP contribution in [0.3, 0.4) is 0 Å². The predicted octanol–water partition coefficient (Wildman–Crippen LogP) is 1.97. The number of hydrogen-bond acceptors (Lipinski definition) is 4. The second-order valence-electron chi connectivity index (χ2n) is 4.36. The Morgan fingerprint density at radius 2 is 1.90 bits per heavy atom. The molecule has 0 aliphatic heterocycles. The molecule has 0 heterocycles. The minimum absolute atomic E-state index is 0.233. The molecule has 0 aliphatic rings. The monoisotopic (exact) mass is 292 g/mol. The Morgan fingerprint density at radius 3 is 2.50 bits per heavy atom. The Labute approximate surface area is 121 Å². The lowest BCUT2D eigenvalue weighted by molar-refractivity contribution is -0.148. The maximum Gasteiger partial charge on any atom is 0.313 e. The van der Waals surface area contributed by atoms with Crippen molar-refractivity contribution in [3.63, 3.8) is 0 Å². The number of allylic oxidation sites excluding steroid dienone is 1. The summed E-state index contributed by atoms with van der Waals surface area (Å²) in [5.74, 6) is -0.871. The third kappa shape index (κ3) is 5.75. The van der Waals surface area contributed by atoms with Crippen LogP contribution in [0.4, 0.5) is 0 Å². The van der Waals surface area contributed by atoms with Gasteiger partial charge in [0.1, 0.15) is 6.42 Å². The molecule has 4 nitrogen and oxygen atoms in total. The number of esters is 1. The second-order valence-corrected chi connectivity index (χ2v) is 4.79. The van der Waals surface area contributed by atoms with Gasteiger partial charge in [0, 0.05) is 5.37 Å². The van der Waals surface area contributed by atoms with Gasteiger partial charge in [-0.15, -0.1) is 0 Å². The molecule has 0 aromatic heterocycles. The van der Waals surface area contributed by atoms with Gasteiger partial charge in [-0.2, -0.15) is 0 Å². The van der Waals surface area contributed by atoms with Crippen molar-refractivity contribution in [1.29, 1.82) is 0 Å². The average molecular weight is 292 g/mol. The Kier molecular flexibility index (Phi) is 6.59. The first-order chi connectivity index (χ1) is 9.52. The molecule has 1 rings (SSSR count). The largest absolute Gasteiger partial charge is 0.463 e. The summed E-state index contributed by atoms with van der Waals surface area (Å²) in [5, 5.41) is 1.46. The van der Waals surface area contributed by atoms with E-state index < -0.39 is 5.97 Å².